The number of piperazine rings is 1. The van der Waals surface area contributed by atoms with Crippen LogP contribution < -0.4 is 0 Å². The fraction of sp³-hybridized carbons (Fsp3) is 0.538. The number of nitrogens with zero attached hydrogens (tertiary/aromatic N) is 2. The van der Waals surface area contributed by atoms with E-state index in [9.17, 15) is 9.59 Å². The molecule has 1 aromatic heterocycles. The van der Waals surface area contributed by atoms with Gasteiger partial charge in [-0.05, 0) is 22.4 Å². The van der Waals surface area contributed by atoms with Gasteiger partial charge in [-0.25, -0.2) is 0 Å². The second-order valence-corrected chi connectivity index (χ2v) is 5.45. The van der Waals surface area contributed by atoms with Crippen molar-refractivity contribution in [3.05, 3.63) is 22.4 Å². The predicted molar refractivity (Wildman–Crippen MR) is 73.3 cm³/mol. The van der Waals surface area contributed by atoms with Crippen LogP contribution in [0.3, 0.4) is 0 Å². The Balaban J connectivity index is 1.73. The Labute approximate surface area is 116 Å². The van der Waals surface area contributed by atoms with Gasteiger partial charge in [0.2, 0.25) is 5.91 Å². The highest BCUT2D eigenvalue weighted by Crippen LogP contribution is 2.10. The molecule has 104 valence electrons. The Morgan fingerprint density at radius 3 is 2.58 bits per heavy atom. The van der Waals surface area contributed by atoms with Gasteiger partial charge < -0.3 is 10.0 Å². The summed E-state index contributed by atoms with van der Waals surface area (Å²) in [5.41, 5.74) is 1.07. The van der Waals surface area contributed by atoms with Gasteiger partial charge in [0.25, 0.3) is 0 Å². The molecule has 0 unspecified atom stereocenters. The molecule has 2 rings (SSSR count). The van der Waals surface area contributed by atoms with Crippen LogP contribution in [-0.2, 0) is 16.0 Å². The summed E-state index contributed by atoms with van der Waals surface area (Å²) < 4.78 is 0. The summed E-state index contributed by atoms with van der Waals surface area (Å²) in [6.07, 6.45) is 0.640. The van der Waals surface area contributed by atoms with Gasteiger partial charge in [0.05, 0.1) is 12.8 Å². The molecule has 1 N–H and O–H groups in total. The lowest BCUT2D eigenvalue weighted by Gasteiger charge is -2.34. The first-order chi connectivity index (χ1) is 9.15. The van der Waals surface area contributed by atoms with Gasteiger partial charge in [-0.1, -0.05) is 0 Å². The van der Waals surface area contributed by atoms with Gasteiger partial charge in [0.1, 0.15) is 0 Å². The second kappa shape index (κ2) is 6.68. The molecule has 0 atom stereocenters. The fourth-order valence-electron chi connectivity index (χ4n) is 2.15. The summed E-state index contributed by atoms with van der Waals surface area (Å²) in [5.74, 6) is -0.604. The normalized spacial score (nSPS) is 16.5. The van der Waals surface area contributed by atoms with E-state index in [2.05, 4.69) is 4.90 Å². The van der Waals surface area contributed by atoms with Crippen LogP contribution >= 0.6 is 11.3 Å². The summed E-state index contributed by atoms with van der Waals surface area (Å²) in [7, 11) is 0. The molecule has 5 nitrogen and oxygen atoms in total. The molecule has 2 heterocycles. The van der Waals surface area contributed by atoms with Crippen molar-refractivity contribution in [3.63, 3.8) is 0 Å². The van der Waals surface area contributed by atoms with Crippen LogP contribution in [0.25, 0.3) is 0 Å². The number of thiophene rings is 1. The lowest BCUT2D eigenvalue weighted by Crippen LogP contribution is -2.49. The summed E-state index contributed by atoms with van der Waals surface area (Å²) in [5, 5.41) is 12.6. The van der Waals surface area contributed by atoms with E-state index in [0.717, 1.165) is 18.7 Å². The van der Waals surface area contributed by atoms with Crippen molar-refractivity contribution >= 4 is 23.2 Å². The molecule has 6 heteroatoms. The number of hydrogen-bond donors (Lipinski definition) is 1. The van der Waals surface area contributed by atoms with Crippen LogP contribution in [0.15, 0.2) is 16.8 Å². The minimum absolute atomic E-state index is 0.163. The highest BCUT2D eigenvalue weighted by molar-refractivity contribution is 7.07. The number of hydrogen-bond acceptors (Lipinski definition) is 4. The third-order valence-corrected chi connectivity index (χ3v) is 4.03. The lowest BCUT2D eigenvalue weighted by atomic mass is 10.2. The predicted octanol–water partition coefficient (Wildman–Crippen LogP) is 0.909. The average Bonchev–Trinajstić information content (AvgIpc) is 2.89. The van der Waals surface area contributed by atoms with Crippen molar-refractivity contribution in [2.45, 2.75) is 12.8 Å². The topological polar surface area (TPSA) is 60.9 Å². The van der Waals surface area contributed by atoms with E-state index in [0.29, 0.717) is 26.1 Å². The Bertz CT molecular complexity index is 425. The highest BCUT2D eigenvalue weighted by Gasteiger charge is 2.21. The molecule has 1 saturated heterocycles. The monoisotopic (exact) mass is 282 g/mol. The van der Waals surface area contributed by atoms with Crippen molar-refractivity contribution in [1.82, 2.24) is 9.80 Å². The highest BCUT2D eigenvalue weighted by atomic mass is 32.1. The number of carboxylic acid groups (broad SMARTS) is 1. The van der Waals surface area contributed by atoms with Crippen LogP contribution in [0.4, 0.5) is 0 Å². The van der Waals surface area contributed by atoms with Crippen LogP contribution in [0.1, 0.15) is 12.0 Å². The molecule has 0 saturated carbocycles. The van der Waals surface area contributed by atoms with Gasteiger partial charge in [0, 0.05) is 32.7 Å². The van der Waals surface area contributed by atoms with E-state index in [1.54, 1.807) is 11.3 Å². The number of aliphatic carboxylic acids is 1. The molecule has 0 radical (unpaired) electrons. The van der Waals surface area contributed by atoms with Gasteiger partial charge in [-0.3, -0.25) is 14.5 Å². The Morgan fingerprint density at radius 1 is 1.26 bits per heavy atom. The summed E-state index contributed by atoms with van der Waals surface area (Å²) in [6, 6.07) is 1.98. The van der Waals surface area contributed by atoms with Crippen LogP contribution in [0.5, 0.6) is 0 Å². The van der Waals surface area contributed by atoms with Gasteiger partial charge in [-0.15, -0.1) is 0 Å². The standard InChI is InChI=1S/C13H18N2O3S/c16-12(9-11-2-8-19-10-11)15-6-4-14(5-7-15)3-1-13(17)18/h2,8,10H,1,3-7,9H2,(H,17,18). The molecule has 0 aromatic carbocycles. The third-order valence-electron chi connectivity index (χ3n) is 3.30. The van der Waals surface area contributed by atoms with E-state index < -0.39 is 5.97 Å². The first-order valence-corrected chi connectivity index (χ1v) is 7.32. The average molecular weight is 282 g/mol. The zero-order valence-electron chi connectivity index (χ0n) is 10.7. The molecule has 0 aliphatic carbocycles. The van der Waals surface area contributed by atoms with E-state index >= 15 is 0 Å². The molecule has 19 heavy (non-hydrogen) atoms. The van der Waals surface area contributed by atoms with E-state index in [-0.39, 0.29) is 12.3 Å². The first-order valence-electron chi connectivity index (χ1n) is 6.38. The number of rotatable bonds is 5. The summed E-state index contributed by atoms with van der Waals surface area (Å²) in [4.78, 5) is 26.5. The zero-order valence-corrected chi connectivity index (χ0v) is 11.6. The van der Waals surface area contributed by atoms with Crippen molar-refractivity contribution in [1.29, 1.82) is 0 Å². The molecule has 0 bridgehead atoms. The van der Waals surface area contributed by atoms with Gasteiger partial charge in [0.15, 0.2) is 0 Å². The maximum atomic E-state index is 12.1. The minimum Gasteiger partial charge on any atom is -0.481 e. The number of carbonyl (C=O) groups is 2. The largest absolute Gasteiger partial charge is 0.481 e. The quantitative estimate of drug-likeness (QED) is 0.872. The molecule has 1 amide bonds. The first kappa shape index (κ1) is 14.0. The maximum absolute atomic E-state index is 12.1. The zero-order chi connectivity index (χ0) is 13.7. The van der Waals surface area contributed by atoms with Crippen LogP contribution in [-0.4, -0.2) is 59.5 Å². The SMILES string of the molecule is O=C(O)CCN1CCN(C(=O)Cc2ccsc2)CC1. The van der Waals surface area contributed by atoms with E-state index in [4.69, 9.17) is 5.11 Å². The van der Waals surface area contributed by atoms with Crippen molar-refractivity contribution in [3.8, 4) is 0 Å². The van der Waals surface area contributed by atoms with Crippen molar-refractivity contribution in [2.75, 3.05) is 32.7 Å². The fourth-order valence-corrected chi connectivity index (χ4v) is 2.82. The van der Waals surface area contributed by atoms with Crippen LogP contribution in [0.2, 0.25) is 0 Å². The minimum atomic E-state index is -0.768. The number of carboxylic acids is 1. The van der Waals surface area contributed by atoms with Crippen molar-refractivity contribution < 1.29 is 14.7 Å². The Hall–Kier alpha value is -1.40. The maximum Gasteiger partial charge on any atom is 0.304 e. The Morgan fingerprint density at radius 2 is 2.00 bits per heavy atom. The number of carbonyl (C=O) groups excluding carboxylic acids is 1. The van der Waals surface area contributed by atoms with Crippen molar-refractivity contribution in [2.24, 2.45) is 0 Å². The van der Waals surface area contributed by atoms with Gasteiger partial charge in [-0.2, -0.15) is 11.3 Å². The Kier molecular flexibility index (Phi) is 4.93. The smallest absolute Gasteiger partial charge is 0.304 e. The molecular weight excluding hydrogens is 264 g/mol. The lowest BCUT2D eigenvalue weighted by molar-refractivity contribution is -0.138. The molecule has 1 aromatic rings. The molecule has 1 aliphatic heterocycles. The number of amides is 1. The molecule has 0 spiro atoms. The van der Waals surface area contributed by atoms with Crippen LogP contribution in [0, 0.1) is 0 Å². The molecular formula is C13H18N2O3S. The van der Waals surface area contributed by atoms with E-state index in [1.807, 2.05) is 21.7 Å². The second-order valence-electron chi connectivity index (χ2n) is 4.67. The van der Waals surface area contributed by atoms with Gasteiger partial charge >= 0.3 is 5.97 Å². The third kappa shape index (κ3) is 4.33. The molecule has 1 aliphatic rings. The summed E-state index contributed by atoms with van der Waals surface area (Å²) in [6.45, 7) is 3.50. The summed E-state index contributed by atoms with van der Waals surface area (Å²) >= 11 is 1.60. The van der Waals surface area contributed by atoms with E-state index in [1.165, 1.54) is 0 Å². The molecule has 1 fully saturated rings.